The lowest BCUT2D eigenvalue weighted by atomic mass is 9.92. The zero-order valence-corrected chi connectivity index (χ0v) is 12.2. The zero-order chi connectivity index (χ0) is 15.4. The lowest BCUT2D eigenvalue weighted by Crippen LogP contribution is -2.44. The van der Waals surface area contributed by atoms with E-state index in [2.05, 4.69) is 20.5 Å². The molecule has 1 aliphatic heterocycles. The Kier molecular flexibility index (Phi) is 4.45. The number of nitrogens with two attached hydrogens (primary N) is 1. The van der Waals surface area contributed by atoms with Gasteiger partial charge < -0.3 is 15.8 Å². The average Bonchev–Trinajstić information content (AvgIpc) is 3.10. The third-order valence-electron chi connectivity index (χ3n) is 3.90. The molecule has 1 aromatic heterocycles. The van der Waals surface area contributed by atoms with Gasteiger partial charge in [-0.15, -0.1) is 0 Å². The maximum Gasteiger partial charge on any atom is 0.241 e. The van der Waals surface area contributed by atoms with Crippen LogP contribution in [-0.2, 0) is 9.53 Å². The lowest BCUT2D eigenvalue weighted by Gasteiger charge is -2.26. The smallest absolute Gasteiger partial charge is 0.241 e. The number of carbonyl (C=O) groups is 1. The van der Waals surface area contributed by atoms with Crippen LogP contribution in [-0.4, -0.2) is 40.3 Å². The predicted molar refractivity (Wildman–Crippen MR) is 82.0 cm³/mol. The highest BCUT2D eigenvalue weighted by Crippen LogP contribution is 2.21. The van der Waals surface area contributed by atoms with Gasteiger partial charge in [-0.05, 0) is 30.9 Å². The second-order valence-corrected chi connectivity index (χ2v) is 5.38. The van der Waals surface area contributed by atoms with Crippen LogP contribution in [0.25, 0.3) is 11.4 Å². The molecule has 2 heterocycles. The standard InChI is InChI=1S/C15H19N5O2/c16-13(10-4-6-22-7-5-10)15(21)19-12-3-1-2-11(8-12)14-17-9-18-20-14/h1-3,8-10,13H,4-7,16H2,(H,19,21)(H,17,18,20). The number of nitrogens with zero attached hydrogens (tertiary/aromatic N) is 2. The first-order valence-electron chi connectivity index (χ1n) is 7.34. The molecule has 0 bridgehead atoms. The minimum atomic E-state index is -0.516. The summed E-state index contributed by atoms with van der Waals surface area (Å²) in [4.78, 5) is 16.4. The summed E-state index contributed by atoms with van der Waals surface area (Å²) in [5, 5.41) is 9.49. The van der Waals surface area contributed by atoms with Gasteiger partial charge in [-0.3, -0.25) is 9.89 Å². The second-order valence-electron chi connectivity index (χ2n) is 5.38. The summed E-state index contributed by atoms with van der Waals surface area (Å²) in [6, 6.07) is 6.91. The van der Waals surface area contributed by atoms with Crippen molar-refractivity contribution in [2.24, 2.45) is 11.7 Å². The van der Waals surface area contributed by atoms with Crippen LogP contribution < -0.4 is 11.1 Å². The van der Waals surface area contributed by atoms with E-state index in [1.54, 1.807) is 0 Å². The van der Waals surface area contributed by atoms with Crippen molar-refractivity contribution < 1.29 is 9.53 Å². The number of aromatic amines is 1. The first-order valence-corrected chi connectivity index (χ1v) is 7.34. The van der Waals surface area contributed by atoms with Crippen LogP contribution in [0.3, 0.4) is 0 Å². The van der Waals surface area contributed by atoms with E-state index in [0.29, 0.717) is 24.7 Å². The summed E-state index contributed by atoms with van der Waals surface area (Å²) >= 11 is 0. The summed E-state index contributed by atoms with van der Waals surface area (Å²) in [5.74, 6) is 0.664. The van der Waals surface area contributed by atoms with Gasteiger partial charge in [0.15, 0.2) is 5.82 Å². The molecule has 4 N–H and O–H groups in total. The SMILES string of the molecule is NC(C(=O)Nc1cccc(-c2ncn[nH]2)c1)C1CCOCC1. The van der Waals surface area contributed by atoms with E-state index >= 15 is 0 Å². The number of hydrogen-bond donors (Lipinski definition) is 3. The largest absolute Gasteiger partial charge is 0.381 e. The topological polar surface area (TPSA) is 106 Å². The number of aromatic nitrogens is 3. The molecule has 1 aromatic carbocycles. The predicted octanol–water partition coefficient (Wildman–Crippen LogP) is 1.16. The number of H-pyrrole nitrogens is 1. The molecule has 1 saturated heterocycles. The van der Waals surface area contributed by atoms with E-state index in [0.717, 1.165) is 18.4 Å². The summed E-state index contributed by atoms with van der Waals surface area (Å²) < 4.78 is 5.30. The van der Waals surface area contributed by atoms with E-state index in [4.69, 9.17) is 10.5 Å². The van der Waals surface area contributed by atoms with Gasteiger partial charge in [0.2, 0.25) is 5.91 Å². The monoisotopic (exact) mass is 301 g/mol. The molecule has 0 aliphatic carbocycles. The van der Waals surface area contributed by atoms with Gasteiger partial charge in [0.25, 0.3) is 0 Å². The third-order valence-corrected chi connectivity index (χ3v) is 3.90. The van der Waals surface area contributed by atoms with Crippen LogP contribution in [0, 0.1) is 5.92 Å². The van der Waals surface area contributed by atoms with E-state index in [1.165, 1.54) is 6.33 Å². The maximum atomic E-state index is 12.3. The molecule has 1 atom stereocenters. The first-order chi connectivity index (χ1) is 10.7. The van der Waals surface area contributed by atoms with Crippen molar-refractivity contribution in [2.45, 2.75) is 18.9 Å². The number of ether oxygens (including phenoxy) is 1. The van der Waals surface area contributed by atoms with E-state index in [9.17, 15) is 4.79 Å². The summed E-state index contributed by atoms with van der Waals surface area (Å²) in [5.41, 5.74) is 7.63. The lowest BCUT2D eigenvalue weighted by molar-refractivity contribution is -0.119. The van der Waals surface area contributed by atoms with Crippen LogP contribution >= 0.6 is 0 Å². The molecule has 0 radical (unpaired) electrons. The Hall–Kier alpha value is -2.25. The van der Waals surface area contributed by atoms with Gasteiger partial charge in [0, 0.05) is 24.5 Å². The van der Waals surface area contributed by atoms with E-state index < -0.39 is 6.04 Å². The Bertz CT molecular complexity index is 623. The second kappa shape index (κ2) is 6.67. The van der Waals surface area contributed by atoms with Gasteiger partial charge >= 0.3 is 0 Å². The molecule has 22 heavy (non-hydrogen) atoms. The van der Waals surface area contributed by atoms with Gasteiger partial charge in [-0.2, -0.15) is 5.10 Å². The highest BCUT2D eigenvalue weighted by atomic mass is 16.5. The van der Waals surface area contributed by atoms with Gasteiger partial charge in [0.05, 0.1) is 6.04 Å². The minimum absolute atomic E-state index is 0.165. The molecule has 1 unspecified atom stereocenters. The van der Waals surface area contributed by atoms with E-state index in [-0.39, 0.29) is 11.8 Å². The molecule has 2 aromatic rings. The van der Waals surface area contributed by atoms with Crippen LogP contribution in [0.5, 0.6) is 0 Å². The molecule has 1 aliphatic rings. The third kappa shape index (κ3) is 3.32. The highest BCUT2D eigenvalue weighted by Gasteiger charge is 2.26. The Labute approximate surface area is 128 Å². The number of anilines is 1. The molecule has 7 heteroatoms. The number of hydrogen-bond acceptors (Lipinski definition) is 5. The molecule has 1 amide bonds. The summed E-state index contributed by atoms with van der Waals surface area (Å²) in [6.07, 6.45) is 3.10. The minimum Gasteiger partial charge on any atom is -0.381 e. The van der Waals surface area contributed by atoms with Crippen molar-refractivity contribution in [3.63, 3.8) is 0 Å². The Balaban J connectivity index is 1.67. The van der Waals surface area contributed by atoms with Crippen molar-refractivity contribution in [1.82, 2.24) is 15.2 Å². The molecule has 0 saturated carbocycles. The number of carbonyl (C=O) groups excluding carboxylic acids is 1. The molecule has 116 valence electrons. The molecular weight excluding hydrogens is 282 g/mol. The number of rotatable bonds is 4. The molecular formula is C15H19N5O2. The first kappa shape index (κ1) is 14.7. The number of amides is 1. The maximum absolute atomic E-state index is 12.3. The number of benzene rings is 1. The van der Waals surface area contributed by atoms with Gasteiger partial charge in [-0.1, -0.05) is 12.1 Å². The fourth-order valence-corrected chi connectivity index (χ4v) is 2.60. The summed E-state index contributed by atoms with van der Waals surface area (Å²) in [6.45, 7) is 1.35. The molecule has 7 nitrogen and oxygen atoms in total. The zero-order valence-electron chi connectivity index (χ0n) is 12.2. The highest BCUT2D eigenvalue weighted by molar-refractivity contribution is 5.95. The van der Waals surface area contributed by atoms with Crippen molar-refractivity contribution >= 4 is 11.6 Å². The van der Waals surface area contributed by atoms with Crippen LogP contribution in [0.2, 0.25) is 0 Å². The number of nitrogens with one attached hydrogen (secondary N) is 2. The van der Waals surface area contributed by atoms with Crippen molar-refractivity contribution in [2.75, 3.05) is 18.5 Å². The molecule has 0 spiro atoms. The van der Waals surface area contributed by atoms with Crippen LogP contribution in [0.15, 0.2) is 30.6 Å². The normalized spacial score (nSPS) is 17.1. The molecule has 3 rings (SSSR count). The van der Waals surface area contributed by atoms with Crippen molar-refractivity contribution in [1.29, 1.82) is 0 Å². The van der Waals surface area contributed by atoms with Gasteiger partial charge in [0.1, 0.15) is 6.33 Å². The Morgan fingerprint density at radius 3 is 2.95 bits per heavy atom. The Morgan fingerprint density at radius 1 is 1.41 bits per heavy atom. The van der Waals surface area contributed by atoms with Crippen LogP contribution in [0.1, 0.15) is 12.8 Å². The summed E-state index contributed by atoms with van der Waals surface area (Å²) in [7, 11) is 0. The molecule has 1 fully saturated rings. The quantitative estimate of drug-likeness (QED) is 0.786. The average molecular weight is 301 g/mol. The fourth-order valence-electron chi connectivity index (χ4n) is 2.60. The van der Waals surface area contributed by atoms with Crippen molar-refractivity contribution in [3.05, 3.63) is 30.6 Å². The fraction of sp³-hybridized carbons (Fsp3) is 0.400. The Morgan fingerprint density at radius 2 is 2.23 bits per heavy atom. The van der Waals surface area contributed by atoms with Crippen LogP contribution in [0.4, 0.5) is 5.69 Å². The van der Waals surface area contributed by atoms with Crippen molar-refractivity contribution in [3.8, 4) is 11.4 Å². The van der Waals surface area contributed by atoms with Gasteiger partial charge in [-0.25, -0.2) is 4.98 Å². The van der Waals surface area contributed by atoms with E-state index in [1.807, 2.05) is 24.3 Å².